The van der Waals surface area contributed by atoms with Crippen molar-refractivity contribution >= 4 is 29.6 Å². The molecule has 0 saturated heterocycles. The zero-order chi connectivity index (χ0) is 49.0. The number of ether oxygens (including phenoxy) is 2. The second kappa shape index (κ2) is 32.4. The third kappa shape index (κ3) is 20.4. The zero-order valence-corrected chi connectivity index (χ0v) is 43.3. The molecule has 3 N–H and O–H groups in total. The summed E-state index contributed by atoms with van der Waals surface area (Å²) >= 11 is 0. The predicted octanol–water partition coefficient (Wildman–Crippen LogP) is 7.38. The molecule has 17 nitrogen and oxygen atoms in total. The molecule has 0 atom stereocenters. The van der Waals surface area contributed by atoms with Crippen LogP contribution in [-0.2, 0) is 9.47 Å². The Hall–Kier alpha value is -6.28. The first-order valence-electron chi connectivity index (χ1n) is 21.2. The quantitative estimate of drug-likeness (QED) is 0.0560. The molecule has 18 heteroatoms. The van der Waals surface area contributed by atoms with Crippen LogP contribution in [0.25, 0.3) is 38.0 Å². The molecule has 0 aliphatic carbocycles. The third-order valence-electron chi connectivity index (χ3n) is 8.45. The summed E-state index contributed by atoms with van der Waals surface area (Å²) in [7, 11) is 0. The summed E-state index contributed by atoms with van der Waals surface area (Å²) in [6.45, 7) is 34.0. The van der Waals surface area contributed by atoms with Crippen LogP contribution in [-0.4, -0.2) is 62.1 Å². The molecule has 6 aromatic rings. The van der Waals surface area contributed by atoms with Crippen LogP contribution >= 0.6 is 0 Å². The van der Waals surface area contributed by atoms with Gasteiger partial charge in [0.1, 0.15) is 11.4 Å². The van der Waals surface area contributed by atoms with Gasteiger partial charge in [-0.3, -0.25) is 25.3 Å². The van der Waals surface area contributed by atoms with Crippen molar-refractivity contribution < 1.29 is 84.6 Å². The Labute approximate surface area is 436 Å². The van der Waals surface area contributed by atoms with Gasteiger partial charge < -0.3 is 34.2 Å². The molecular weight excluding hydrogens is 880 g/mol. The van der Waals surface area contributed by atoms with E-state index in [1.165, 1.54) is 12.4 Å². The third-order valence-corrected chi connectivity index (χ3v) is 8.45. The summed E-state index contributed by atoms with van der Waals surface area (Å²) in [5.41, 5.74) is 12.0. The average Bonchev–Trinajstić information content (AvgIpc) is 3.92. The first-order valence-corrected chi connectivity index (χ1v) is 21.2. The SMILES string of the molecule is CC(C)c1c(-c2cccnc2)noc1N.CCOC(=O)Nc1onc(-c2cccnc2)c1C(C)C.CCOC(=O)c1cccnc1.[C-]#[N+]/C(=C(\[O-])c1cccnc1)C(C)C.[C-]#[N+]CC(C)C.[K+]. The molecule has 0 aliphatic rings. The van der Waals surface area contributed by atoms with Crippen molar-refractivity contribution in [3.05, 3.63) is 149 Å². The van der Waals surface area contributed by atoms with E-state index in [0.717, 1.165) is 27.9 Å². The van der Waals surface area contributed by atoms with Crippen molar-refractivity contribution in [3.8, 4) is 22.5 Å². The van der Waals surface area contributed by atoms with Gasteiger partial charge in [0, 0.05) is 77.7 Å². The Morgan fingerprint density at radius 2 is 1.19 bits per heavy atom. The molecule has 0 bridgehead atoms. The van der Waals surface area contributed by atoms with Crippen LogP contribution in [0, 0.1) is 25.0 Å². The van der Waals surface area contributed by atoms with Gasteiger partial charge in [0.25, 0.3) is 0 Å². The van der Waals surface area contributed by atoms with Crippen molar-refractivity contribution in [3.63, 3.8) is 0 Å². The number of carbonyl (C=O) groups is 2. The zero-order valence-electron chi connectivity index (χ0n) is 40.2. The first kappa shape index (κ1) is 58.7. The molecule has 6 heterocycles. The van der Waals surface area contributed by atoms with E-state index in [1.807, 2.05) is 65.8 Å². The van der Waals surface area contributed by atoms with Crippen molar-refractivity contribution in [1.82, 2.24) is 30.2 Å². The normalized spacial score (nSPS) is 10.4. The van der Waals surface area contributed by atoms with E-state index in [9.17, 15) is 14.7 Å². The average molecular weight is 939 g/mol. The number of nitrogens with zero attached hydrogens (tertiary/aromatic N) is 8. The minimum atomic E-state index is -0.553. The van der Waals surface area contributed by atoms with Gasteiger partial charge in [-0.05, 0) is 79.6 Å². The van der Waals surface area contributed by atoms with E-state index in [0.29, 0.717) is 54.3 Å². The van der Waals surface area contributed by atoms with Gasteiger partial charge >= 0.3 is 63.4 Å². The van der Waals surface area contributed by atoms with Crippen LogP contribution in [0.2, 0.25) is 0 Å². The Kier molecular flexibility index (Phi) is 28.4. The molecule has 0 aliphatic heterocycles. The molecule has 67 heavy (non-hydrogen) atoms. The van der Waals surface area contributed by atoms with Crippen molar-refractivity contribution in [2.45, 2.75) is 81.1 Å². The van der Waals surface area contributed by atoms with Crippen LogP contribution in [0.3, 0.4) is 0 Å². The molecule has 6 rings (SSSR count). The Balaban J connectivity index is 0.000000435. The minimum absolute atomic E-state index is 0. The number of anilines is 2. The van der Waals surface area contributed by atoms with E-state index in [4.69, 9.17) is 37.4 Å². The number of rotatable bonds is 11. The fourth-order valence-corrected chi connectivity index (χ4v) is 5.44. The summed E-state index contributed by atoms with van der Waals surface area (Å²) in [4.78, 5) is 44.7. The molecule has 0 aromatic carbocycles. The number of nitrogens with one attached hydrogen (secondary N) is 1. The van der Waals surface area contributed by atoms with Gasteiger partial charge in [0.05, 0.1) is 25.3 Å². The number of allylic oxidation sites excluding steroid dienone is 1. The number of amides is 1. The van der Waals surface area contributed by atoms with Crippen molar-refractivity contribution in [2.24, 2.45) is 11.8 Å². The summed E-state index contributed by atoms with van der Waals surface area (Å²) in [5, 5.41) is 22.3. The molecule has 0 saturated carbocycles. The summed E-state index contributed by atoms with van der Waals surface area (Å²) in [6.07, 6.45) is 12.5. The van der Waals surface area contributed by atoms with Crippen LogP contribution in [0.15, 0.2) is 113 Å². The summed E-state index contributed by atoms with van der Waals surface area (Å²) in [6, 6.07) is 14.3. The maximum Gasteiger partial charge on any atom is 1.00 e. The Morgan fingerprint density at radius 1 is 0.716 bits per heavy atom. The smallest absolute Gasteiger partial charge is 0.881 e. The second-order valence-corrected chi connectivity index (χ2v) is 15.1. The number of hydrogen-bond donors (Lipinski definition) is 2. The molecule has 1 amide bonds. The van der Waals surface area contributed by atoms with E-state index in [1.54, 1.807) is 75.3 Å². The monoisotopic (exact) mass is 938 g/mol. The van der Waals surface area contributed by atoms with Gasteiger partial charge in [-0.2, -0.15) is 0 Å². The topological polar surface area (TPSA) is 226 Å². The minimum Gasteiger partial charge on any atom is -0.881 e. The number of pyridine rings is 4. The van der Waals surface area contributed by atoms with Gasteiger partial charge in [-0.15, -0.1) is 5.76 Å². The second-order valence-electron chi connectivity index (χ2n) is 15.1. The Morgan fingerprint density at radius 3 is 1.58 bits per heavy atom. The number of hydrogen-bond acceptors (Lipinski definition) is 14. The molecule has 0 radical (unpaired) electrons. The van der Waals surface area contributed by atoms with Gasteiger partial charge in [-0.25, -0.2) is 21.0 Å². The van der Waals surface area contributed by atoms with Crippen molar-refractivity contribution in [1.29, 1.82) is 0 Å². The molecule has 348 valence electrons. The van der Waals surface area contributed by atoms with Gasteiger partial charge in [0.15, 0.2) is 5.70 Å². The molecule has 6 aromatic heterocycles. The standard InChI is InChI=1S/C14H17N3O3.C11H13N3O.C11H12N2O.C8H9NO2.C5H9N.K/c1-4-19-14(18)16-13-11(9(2)3)12(17-20-13)10-6-5-7-15-8-10;1-7(2)9-10(14-15-11(9)12)8-4-3-5-13-6-8;1-8(2)10(12-3)11(14)9-5-4-6-13-7-9;1-2-11-8(10)7-4-3-5-9-6-7;1-5(2)4-6-3;/h5-9H,4H2,1-3H3,(H,16,18);3-7H,12H2,1-2H3;4-8,14H,1-2H3;3-6H,2H2,1H3;5H,4H2,1-2H3;/q;;;;;+1/p-1/b;;11-10-;;;. The summed E-state index contributed by atoms with van der Waals surface area (Å²) in [5.74, 6) is 1.09. The van der Waals surface area contributed by atoms with E-state index in [2.05, 4.69) is 59.1 Å². The largest absolute Gasteiger partial charge is 1.00 e. The maximum absolute atomic E-state index is 11.7. The van der Waals surface area contributed by atoms with Gasteiger partial charge in [0.2, 0.25) is 18.3 Å². The molecule has 0 spiro atoms. The van der Waals surface area contributed by atoms with Crippen LogP contribution in [0.5, 0.6) is 0 Å². The van der Waals surface area contributed by atoms with E-state index < -0.39 is 6.09 Å². The van der Waals surface area contributed by atoms with Gasteiger partial charge in [-0.1, -0.05) is 71.8 Å². The number of carbonyl (C=O) groups excluding carboxylic acids is 2. The van der Waals surface area contributed by atoms with Crippen LogP contribution in [0.4, 0.5) is 16.6 Å². The fraction of sp³-hybridized carbons (Fsp3) is 0.347. The molecule has 0 unspecified atom stereocenters. The fourth-order valence-electron chi connectivity index (χ4n) is 5.44. The maximum atomic E-state index is 11.7. The first-order chi connectivity index (χ1) is 31.6. The number of esters is 1. The number of nitrogens with two attached hydrogens (primary N) is 1. The van der Waals surface area contributed by atoms with Crippen molar-refractivity contribution in [2.75, 3.05) is 30.8 Å². The van der Waals surface area contributed by atoms with Crippen LogP contribution in [0.1, 0.15) is 108 Å². The molecule has 0 fully saturated rings. The molecular formula is C49H59KN10O7. The number of nitrogen functional groups attached to an aromatic ring is 1. The van der Waals surface area contributed by atoms with E-state index >= 15 is 0 Å². The summed E-state index contributed by atoms with van der Waals surface area (Å²) < 4.78 is 19.8. The Bertz CT molecular complexity index is 2450. The predicted molar refractivity (Wildman–Crippen MR) is 252 cm³/mol. The van der Waals surface area contributed by atoms with Crippen LogP contribution < -0.4 is 67.5 Å². The van der Waals surface area contributed by atoms with E-state index in [-0.39, 0.29) is 86.6 Å². The number of aromatic nitrogens is 6.